The molecule has 1 aliphatic heterocycles. The molecule has 1 N–H and O–H groups in total. The molecule has 1 aromatic carbocycles. The van der Waals surface area contributed by atoms with Gasteiger partial charge in [-0.3, -0.25) is 9.10 Å². The van der Waals surface area contributed by atoms with Crippen LogP contribution in [0.25, 0.3) is 0 Å². The summed E-state index contributed by atoms with van der Waals surface area (Å²) in [5.41, 5.74) is 3.48. The number of nitrogens with one attached hydrogen (secondary N) is 1. The molecule has 3 rings (SSSR count). The Kier molecular flexibility index (Phi) is 6.01. The molecule has 2 aromatic rings. The van der Waals surface area contributed by atoms with Gasteiger partial charge in [-0.2, -0.15) is 0 Å². The summed E-state index contributed by atoms with van der Waals surface area (Å²) in [6, 6.07) is 9.37. The molecule has 2 heterocycles. The molecule has 0 saturated heterocycles. The second-order valence-corrected chi connectivity index (χ2v) is 9.29. The Balaban J connectivity index is 1.48. The summed E-state index contributed by atoms with van der Waals surface area (Å²) in [6.07, 6.45) is 0.717. The van der Waals surface area contributed by atoms with Crippen molar-refractivity contribution < 1.29 is 13.2 Å². The van der Waals surface area contributed by atoms with Gasteiger partial charge in [0.25, 0.3) is 0 Å². The average Bonchev–Trinajstić information content (AvgIpc) is 3.04. The Bertz CT molecular complexity index is 927. The first-order chi connectivity index (χ1) is 12.8. The third kappa shape index (κ3) is 4.98. The van der Waals surface area contributed by atoms with Crippen LogP contribution in [0.3, 0.4) is 0 Å². The van der Waals surface area contributed by atoms with Crippen molar-refractivity contribution in [1.29, 1.82) is 0 Å². The van der Waals surface area contributed by atoms with Gasteiger partial charge in [0.15, 0.2) is 5.16 Å². The van der Waals surface area contributed by atoms with Gasteiger partial charge in [0.05, 0.1) is 17.2 Å². The van der Waals surface area contributed by atoms with Crippen molar-refractivity contribution in [3.63, 3.8) is 0 Å². The first kappa shape index (κ1) is 19.6. The fourth-order valence-electron chi connectivity index (χ4n) is 2.97. The number of hydrogen-bond acceptors (Lipinski definition) is 6. The maximum absolute atomic E-state index is 12.6. The number of thioether (sulfide) groups is 1. The molecule has 0 bridgehead atoms. The lowest BCUT2D eigenvalue weighted by atomic mass is 10.2. The van der Waals surface area contributed by atoms with Crippen LogP contribution >= 0.6 is 11.8 Å². The minimum atomic E-state index is -3.46. The van der Waals surface area contributed by atoms with Crippen molar-refractivity contribution in [3.05, 3.63) is 47.3 Å². The number of amides is 1. The summed E-state index contributed by atoms with van der Waals surface area (Å²) in [7, 11) is -3.46. The first-order valence-electron chi connectivity index (χ1n) is 8.65. The predicted octanol–water partition coefficient (Wildman–Crippen LogP) is 1.69. The molecule has 7 nitrogen and oxygen atoms in total. The first-order valence-corrected chi connectivity index (χ1v) is 11.2. The number of carbonyl (C=O) groups excluding carboxylic acids is 1. The Hall–Kier alpha value is -2.13. The van der Waals surface area contributed by atoms with Gasteiger partial charge in [-0.1, -0.05) is 30.0 Å². The fourth-order valence-corrected chi connectivity index (χ4v) is 5.17. The van der Waals surface area contributed by atoms with Gasteiger partial charge in [-0.25, -0.2) is 18.4 Å². The molecule has 9 heteroatoms. The normalized spacial score (nSPS) is 13.5. The zero-order valence-corrected chi connectivity index (χ0v) is 16.9. The van der Waals surface area contributed by atoms with E-state index in [0.717, 1.165) is 22.6 Å². The minimum Gasteiger partial charge on any atom is -0.354 e. The number of para-hydroxylation sites is 1. The second-order valence-electron chi connectivity index (χ2n) is 6.34. The molecule has 1 aliphatic rings. The van der Waals surface area contributed by atoms with Gasteiger partial charge in [-0.15, -0.1) is 0 Å². The number of aryl methyl sites for hydroxylation is 2. The lowest BCUT2D eigenvalue weighted by Gasteiger charge is -2.19. The van der Waals surface area contributed by atoms with E-state index in [4.69, 9.17) is 0 Å². The highest BCUT2D eigenvalue weighted by Crippen LogP contribution is 2.29. The number of nitrogens with zero attached hydrogens (tertiary/aromatic N) is 3. The Morgan fingerprint density at radius 1 is 1.22 bits per heavy atom. The third-order valence-electron chi connectivity index (χ3n) is 4.16. The molecule has 0 unspecified atom stereocenters. The van der Waals surface area contributed by atoms with E-state index in [0.29, 0.717) is 18.1 Å². The van der Waals surface area contributed by atoms with Crippen LogP contribution in [0.15, 0.2) is 35.5 Å². The molecule has 0 saturated carbocycles. The van der Waals surface area contributed by atoms with Crippen LogP contribution in [-0.4, -0.2) is 48.9 Å². The Morgan fingerprint density at radius 2 is 1.93 bits per heavy atom. The van der Waals surface area contributed by atoms with Crippen LogP contribution in [0.5, 0.6) is 0 Å². The van der Waals surface area contributed by atoms with Crippen LogP contribution < -0.4 is 9.62 Å². The SMILES string of the molecule is Cc1cc(C)nc(SCC(=O)NCCS(=O)(=O)N2CCc3ccccc32)n1. The van der Waals surface area contributed by atoms with Crippen molar-refractivity contribution in [2.75, 3.05) is 28.9 Å². The molecule has 0 spiro atoms. The standard InChI is InChI=1S/C18H22N4O3S2/c1-13-11-14(2)21-18(20-13)26-12-17(23)19-8-10-27(24,25)22-9-7-15-5-3-4-6-16(15)22/h3-6,11H,7-10,12H2,1-2H3,(H,19,23). The van der Waals surface area contributed by atoms with E-state index in [9.17, 15) is 13.2 Å². The number of aromatic nitrogens is 2. The number of rotatable bonds is 7. The number of sulfonamides is 1. The summed E-state index contributed by atoms with van der Waals surface area (Å²) < 4.78 is 26.6. The summed E-state index contributed by atoms with van der Waals surface area (Å²) in [5.74, 6) is -0.215. The molecule has 1 amide bonds. The Morgan fingerprint density at radius 3 is 2.67 bits per heavy atom. The summed E-state index contributed by atoms with van der Waals surface area (Å²) >= 11 is 1.24. The summed E-state index contributed by atoms with van der Waals surface area (Å²) in [4.78, 5) is 20.5. The Labute approximate surface area is 163 Å². The van der Waals surface area contributed by atoms with Crippen LogP contribution in [0.1, 0.15) is 17.0 Å². The van der Waals surface area contributed by atoms with Crippen LogP contribution in [-0.2, 0) is 21.2 Å². The zero-order valence-electron chi connectivity index (χ0n) is 15.3. The fraction of sp³-hybridized carbons (Fsp3) is 0.389. The van der Waals surface area contributed by atoms with Gasteiger partial charge in [0, 0.05) is 24.5 Å². The number of fused-ring (bicyclic) bond motifs is 1. The van der Waals surface area contributed by atoms with E-state index in [1.54, 1.807) is 0 Å². The van der Waals surface area contributed by atoms with E-state index in [-0.39, 0.29) is 24.0 Å². The minimum absolute atomic E-state index is 0.0775. The largest absolute Gasteiger partial charge is 0.354 e. The van der Waals surface area contributed by atoms with E-state index in [2.05, 4.69) is 15.3 Å². The predicted molar refractivity (Wildman–Crippen MR) is 107 cm³/mol. The van der Waals surface area contributed by atoms with Gasteiger partial charge in [-0.05, 0) is 38.0 Å². The van der Waals surface area contributed by atoms with Gasteiger partial charge >= 0.3 is 0 Å². The maximum Gasteiger partial charge on any atom is 0.236 e. The monoisotopic (exact) mass is 406 g/mol. The van der Waals surface area contributed by atoms with E-state index < -0.39 is 10.0 Å². The van der Waals surface area contributed by atoms with E-state index in [1.165, 1.54) is 16.1 Å². The van der Waals surface area contributed by atoms with Crippen molar-refractivity contribution in [3.8, 4) is 0 Å². The van der Waals surface area contributed by atoms with Crippen LogP contribution in [0, 0.1) is 13.8 Å². The highest BCUT2D eigenvalue weighted by Gasteiger charge is 2.28. The van der Waals surface area contributed by atoms with Crippen molar-refractivity contribution in [2.45, 2.75) is 25.4 Å². The molecule has 1 aromatic heterocycles. The third-order valence-corrected chi connectivity index (χ3v) is 6.77. The van der Waals surface area contributed by atoms with Crippen LogP contribution in [0.4, 0.5) is 5.69 Å². The maximum atomic E-state index is 12.6. The van der Waals surface area contributed by atoms with Gasteiger partial charge in [0.1, 0.15) is 0 Å². The topological polar surface area (TPSA) is 92.3 Å². The molecule has 0 fully saturated rings. The van der Waals surface area contributed by atoms with Crippen LogP contribution in [0.2, 0.25) is 0 Å². The average molecular weight is 407 g/mol. The number of hydrogen-bond donors (Lipinski definition) is 1. The smallest absolute Gasteiger partial charge is 0.236 e. The molecule has 0 atom stereocenters. The van der Waals surface area contributed by atoms with E-state index >= 15 is 0 Å². The molecular weight excluding hydrogens is 384 g/mol. The van der Waals surface area contributed by atoms with Crippen molar-refractivity contribution >= 4 is 33.4 Å². The van der Waals surface area contributed by atoms with Gasteiger partial charge in [0.2, 0.25) is 15.9 Å². The highest BCUT2D eigenvalue weighted by molar-refractivity contribution is 7.99. The molecule has 0 radical (unpaired) electrons. The summed E-state index contributed by atoms with van der Waals surface area (Å²) in [5, 5.41) is 3.21. The molecular formula is C18H22N4O3S2. The number of carbonyl (C=O) groups is 1. The second kappa shape index (κ2) is 8.26. The highest BCUT2D eigenvalue weighted by atomic mass is 32.2. The van der Waals surface area contributed by atoms with Gasteiger partial charge < -0.3 is 5.32 Å². The molecule has 27 heavy (non-hydrogen) atoms. The van der Waals surface area contributed by atoms with Crippen molar-refractivity contribution in [1.82, 2.24) is 15.3 Å². The number of anilines is 1. The zero-order chi connectivity index (χ0) is 19.4. The quantitative estimate of drug-likeness (QED) is 0.556. The lowest BCUT2D eigenvalue weighted by molar-refractivity contribution is -0.118. The summed E-state index contributed by atoms with van der Waals surface area (Å²) in [6.45, 7) is 4.28. The molecule has 144 valence electrons. The van der Waals surface area contributed by atoms with E-state index in [1.807, 2.05) is 44.2 Å². The molecule has 0 aliphatic carbocycles. The van der Waals surface area contributed by atoms with Crippen molar-refractivity contribution in [2.24, 2.45) is 0 Å². The lowest BCUT2D eigenvalue weighted by Crippen LogP contribution is -2.37. The number of benzene rings is 1.